The van der Waals surface area contributed by atoms with E-state index in [1.54, 1.807) is 23.1 Å². The molecular formula is C27H25F3N4O. The van der Waals surface area contributed by atoms with Crippen LogP contribution in [0.1, 0.15) is 27.9 Å². The van der Waals surface area contributed by atoms with Crippen molar-refractivity contribution in [3.05, 3.63) is 77.2 Å². The van der Waals surface area contributed by atoms with E-state index >= 15 is 0 Å². The molecule has 3 heterocycles. The van der Waals surface area contributed by atoms with Gasteiger partial charge in [0.1, 0.15) is 5.82 Å². The zero-order valence-electron chi connectivity index (χ0n) is 19.0. The highest BCUT2D eigenvalue weighted by Gasteiger charge is 2.20. The van der Waals surface area contributed by atoms with Gasteiger partial charge in [-0.15, -0.1) is 0 Å². The number of rotatable bonds is 5. The van der Waals surface area contributed by atoms with E-state index in [0.717, 1.165) is 22.3 Å². The summed E-state index contributed by atoms with van der Waals surface area (Å²) in [6.07, 6.45) is 1.04. The van der Waals surface area contributed by atoms with Gasteiger partial charge in [0.15, 0.2) is 0 Å². The van der Waals surface area contributed by atoms with E-state index in [0.29, 0.717) is 54.7 Å². The lowest BCUT2D eigenvalue weighted by Gasteiger charge is -2.26. The summed E-state index contributed by atoms with van der Waals surface area (Å²) in [6, 6.07) is 14.7. The van der Waals surface area contributed by atoms with Crippen molar-refractivity contribution in [1.82, 2.24) is 15.2 Å². The van der Waals surface area contributed by atoms with Gasteiger partial charge in [0.05, 0.1) is 6.54 Å². The summed E-state index contributed by atoms with van der Waals surface area (Å²) >= 11 is 0. The van der Waals surface area contributed by atoms with Gasteiger partial charge in [0.25, 0.3) is 12.3 Å². The second kappa shape index (κ2) is 9.54. The largest absolute Gasteiger partial charge is 0.383 e. The first kappa shape index (κ1) is 23.1. The molecule has 0 radical (unpaired) electrons. The van der Waals surface area contributed by atoms with Crippen LogP contribution in [0.4, 0.5) is 19.0 Å². The normalized spacial score (nSPS) is 16.1. The smallest absolute Gasteiger partial charge is 0.251 e. The zero-order chi connectivity index (χ0) is 24.5. The van der Waals surface area contributed by atoms with E-state index in [4.69, 9.17) is 5.73 Å². The van der Waals surface area contributed by atoms with Gasteiger partial charge in [-0.1, -0.05) is 42.5 Å². The number of pyridine rings is 1. The minimum absolute atomic E-state index is 0.0868. The molecular weight excluding hydrogens is 453 g/mol. The molecule has 2 aliphatic rings. The second-order valence-electron chi connectivity index (χ2n) is 8.84. The minimum atomic E-state index is -2.33. The number of alkyl halides is 2. The molecule has 180 valence electrons. The molecule has 0 aliphatic carbocycles. The lowest BCUT2D eigenvalue weighted by Crippen LogP contribution is -2.32. The zero-order valence-corrected chi connectivity index (χ0v) is 19.0. The van der Waals surface area contributed by atoms with Crippen LogP contribution in [0, 0.1) is 5.95 Å². The van der Waals surface area contributed by atoms with Gasteiger partial charge in [-0.05, 0) is 52.8 Å². The van der Waals surface area contributed by atoms with Crippen LogP contribution in [-0.4, -0.2) is 48.4 Å². The van der Waals surface area contributed by atoms with E-state index < -0.39 is 12.4 Å². The minimum Gasteiger partial charge on any atom is -0.383 e. The van der Waals surface area contributed by atoms with Gasteiger partial charge in [-0.3, -0.25) is 9.69 Å². The topological polar surface area (TPSA) is 71.2 Å². The summed E-state index contributed by atoms with van der Waals surface area (Å²) in [5.41, 5.74) is 12.1. The summed E-state index contributed by atoms with van der Waals surface area (Å²) in [5.74, 6) is -0.668. The number of hydrogen-bond donors (Lipinski definition) is 2. The maximum absolute atomic E-state index is 14.8. The Morgan fingerprint density at radius 3 is 2.43 bits per heavy atom. The van der Waals surface area contributed by atoms with Crippen molar-refractivity contribution < 1.29 is 18.0 Å². The Morgan fingerprint density at radius 1 is 0.971 bits per heavy atom. The Kier molecular flexibility index (Phi) is 6.30. The van der Waals surface area contributed by atoms with Gasteiger partial charge < -0.3 is 11.1 Å². The highest BCUT2D eigenvalue weighted by Crippen LogP contribution is 2.34. The number of halogens is 3. The van der Waals surface area contributed by atoms with Crippen LogP contribution in [0.15, 0.2) is 54.6 Å². The van der Waals surface area contributed by atoms with Crippen LogP contribution >= 0.6 is 0 Å². The van der Waals surface area contributed by atoms with Crippen LogP contribution in [0.25, 0.3) is 27.8 Å². The van der Waals surface area contributed by atoms with Gasteiger partial charge in [0, 0.05) is 36.3 Å². The summed E-state index contributed by atoms with van der Waals surface area (Å²) < 4.78 is 40.1. The number of nitrogens with two attached hydrogens (primary N) is 1. The summed E-state index contributed by atoms with van der Waals surface area (Å²) in [6.45, 7) is 1.43. The summed E-state index contributed by atoms with van der Waals surface area (Å²) in [4.78, 5) is 17.7. The van der Waals surface area contributed by atoms with Crippen molar-refractivity contribution >= 4 is 17.3 Å². The van der Waals surface area contributed by atoms with Gasteiger partial charge in [-0.25, -0.2) is 13.8 Å². The lowest BCUT2D eigenvalue weighted by atomic mass is 9.93. The molecule has 0 saturated heterocycles. The Bertz CT molecular complexity index is 1300. The fraction of sp³-hybridized carbons (Fsp3) is 0.259. The number of nitrogen functional groups attached to an aromatic ring is 1. The first-order chi connectivity index (χ1) is 16.9. The third kappa shape index (κ3) is 4.79. The van der Waals surface area contributed by atoms with Crippen molar-refractivity contribution in [2.45, 2.75) is 19.3 Å². The average molecular weight is 479 g/mol. The molecule has 5 nitrogen and oxygen atoms in total. The number of nitrogens with zero attached hydrogens (tertiary/aromatic N) is 2. The van der Waals surface area contributed by atoms with Gasteiger partial charge in [0.2, 0.25) is 5.95 Å². The number of fused-ring (bicyclic) bond motifs is 1. The standard InChI is InChI=1S/C27H25F3N4O/c28-24(29)15-34-11-8-17(9-12-34)16-1-3-18(4-2-16)22-14-23(26(31)33-25(22)30)19-5-6-21-20(13-19)7-10-32-27(21)35/h1-6,8,13-14,24H,7,9-12,15H2,(H2,31,33)(H,32,35). The maximum Gasteiger partial charge on any atom is 0.251 e. The number of carbonyl (C=O) groups excluding carboxylic acids is 1. The van der Waals surface area contributed by atoms with Crippen molar-refractivity contribution in [1.29, 1.82) is 0 Å². The molecule has 0 spiro atoms. The average Bonchev–Trinajstić information content (AvgIpc) is 2.84. The number of anilines is 1. The second-order valence-corrected chi connectivity index (χ2v) is 8.84. The number of aromatic nitrogens is 1. The first-order valence-corrected chi connectivity index (χ1v) is 11.6. The molecule has 0 unspecified atom stereocenters. The van der Waals surface area contributed by atoms with E-state index in [9.17, 15) is 18.0 Å². The van der Waals surface area contributed by atoms with Crippen molar-refractivity contribution in [3.63, 3.8) is 0 Å². The molecule has 3 N–H and O–H groups in total. The number of benzene rings is 2. The molecule has 2 aliphatic heterocycles. The number of hydrogen-bond acceptors (Lipinski definition) is 4. The molecule has 2 aromatic carbocycles. The van der Waals surface area contributed by atoms with Crippen molar-refractivity contribution in [2.24, 2.45) is 0 Å². The molecule has 35 heavy (non-hydrogen) atoms. The quantitative estimate of drug-likeness (QED) is 0.518. The monoisotopic (exact) mass is 478 g/mol. The van der Waals surface area contributed by atoms with Gasteiger partial charge >= 0.3 is 0 Å². The Hall–Kier alpha value is -3.65. The van der Waals surface area contributed by atoms with E-state index in [2.05, 4.69) is 10.3 Å². The lowest BCUT2D eigenvalue weighted by molar-refractivity contribution is 0.0932. The molecule has 3 aromatic rings. The fourth-order valence-electron chi connectivity index (χ4n) is 4.73. The maximum atomic E-state index is 14.8. The molecule has 0 saturated carbocycles. The van der Waals surface area contributed by atoms with Crippen LogP contribution < -0.4 is 11.1 Å². The van der Waals surface area contributed by atoms with E-state index in [1.807, 2.05) is 36.4 Å². The summed E-state index contributed by atoms with van der Waals surface area (Å²) in [7, 11) is 0. The van der Waals surface area contributed by atoms with Crippen molar-refractivity contribution in [2.75, 3.05) is 31.9 Å². The molecule has 0 fully saturated rings. The Labute approximate surface area is 201 Å². The number of carbonyl (C=O) groups is 1. The molecule has 0 atom stereocenters. The highest BCUT2D eigenvalue weighted by molar-refractivity contribution is 5.97. The SMILES string of the molecule is Nc1nc(F)c(-c2ccc(C3=CCN(CC(F)F)CC3)cc2)cc1-c1ccc2c(c1)CCNC2=O. The first-order valence-electron chi connectivity index (χ1n) is 11.6. The highest BCUT2D eigenvalue weighted by atomic mass is 19.3. The third-order valence-corrected chi connectivity index (χ3v) is 6.60. The van der Waals surface area contributed by atoms with E-state index in [1.165, 1.54) is 0 Å². The summed E-state index contributed by atoms with van der Waals surface area (Å²) in [5, 5.41) is 2.82. The molecule has 1 amide bonds. The predicted octanol–water partition coefficient (Wildman–Crippen LogP) is 4.78. The predicted molar refractivity (Wildman–Crippen MR) is 131 cm³/mol. The number of nitrogens with one attached hydrogen (secondary N) is 1. The Morgan fingerprint density at radius 2 is 1.71 bits per heavy atom. The van der Waals surface area contributed by atoms with Gasteiger partial charge in [-0.2, -0.15) is 4.39 Å². The van der Waals surface area contributed by atoms with Crippen molar-refractivity contribution in [3.8, 4) is 22.3 Å². The fourth-order valence-corrected chi connectivity index (χ4v) is 4.73. The van der Waals surface area contributed by atoms with E-state index in [-0.39, 0.29) is 18.3 Å². The van der Waals surface area contributed by atoms with Crippen LogP contribution in [0.5, 0.6) is 0 Å². The Balaban J connectivity index is 1.42. The molecule has 1 aromatic heterocycles. The molecule has 0 bridgehead atoms. The third-order valence-electron chi connectivity index (χ3n) is 6.60. The van der Waals surface area contributed by atoms with Crippen LogP contribution in [-0.2, 0) is 6.42 Å². The van der Waals surface area contributed by atoms with Crippen LogP contribution in [0.2, 0.25) is 0 Å². The number of amides is 1. The molecule has 8 heteroatoms. The molecule has 5 rings (SSSR count). The van der Waals surface area contributed by atoms with Crippen LogP contribution in [0.3, 0.4) is 0 Å².